The number of carboxylic acids is 1. The predicted molar refractivity (Wildman–Crippen MR) is 95.5 cm³/mol. The van der Waals surface area contributed by atoms with E-state index in [0.717, 1.165) is 16.5 Å². The van der Waals surface area contributed by atoms with Crippen molar-refractivity contribution in [3.8, 4) is 0 Å². The second kappa shape index (κ2) is 7.54. The highest BCUT2D eigenvalue weighted by atomic mass is 32.2. The summed E-state index contributed by atoms with van der Waals surface area (Å²) < 4.78 is 6.71. The SMILES string of the molecule is COC(=O)C1=C2C[C@H](N(CC(=O)O)SC)CN2C(c2nccs2)=NC1. The Bertz CT molecular complexity index is 732. The van der Waals surface area contributed by atoms with E-state index < -0.39 is 11.9 Å². The van der Waals surface area contributed by atoms with E-state index in [1.807, 2.05) is 20.8 Å². The van der Waals surface area contributed by atoms with E-state index in [2.05, 4.69) is 9.98 Å². The van der Waals surface area contributed by atoms with Gasteiger partial charge in [0.1, 0.15) is 6.54 Å². The lowest BCUT2D eigenvalue weighted by molar-refractivity contribution is -0.138. The van der Waals surface area contributed by atoms with Crippen LogP contribution in [-0.4, -0.2) is 76.1 Å². The number of hydrogen-bond acceptors (Lipinski definition) is 9. The van der Waals surface area contributed by atoms with Gasteiger partial charge in [-0.2, -0.15) is 0 Å². The van der Waals surface area contributed by atoms with Gasteiger partial charge in [0.05, 0.1) is 19.2 Å². The Morgan fingerprint density at radius 3 is 2.96 bits per heavy atom. The second-order valence-corrected chi connectivity index (χ2v) is 7.24. The van der Waals surface area contributed by atoms with Crippen molar-refractivity contribution in [1.82, 2.24) is 14.2 Å². The molecule has 1 aromatic rings. The molecule has 3 rings (SSSR count). The maximum absolute atomic E-state index is 12.1. The van der Waals surface area contributed by atoms with E-state index in [1.54, 1.807) is 6.20 Å². The average molecular weight is 382 g/mol. The van der Waals surface area contributed by atoms with Crippen LogP contribution in [-0.2, 0) is 14.3 Å². The smallest absolute Gasteiger partial charge is 0.337 e. The minimum absolute atomic E-state index is 0.0379. The van der Waals surface area contributed by atoms with Crippen molar-refractivity contribution >= 4 is 41.1 Å². The topological polar surface area (TPSA) is 95.3 Å². The van der Waals surface area contributed by atoms with Gasteiger partial charge in [-0.1, -0.05) is 11.9 Å². The van der Waals surface area contributed by atoms with Crippen molar-refractivity contribution in [2.75, 3.05) is 33.0 Å². The Morgan fingerprint density at radius 2 is 2.36 bits per heavy atom. The van der Waals surface area contributed by atoms with Gasteiger partial charge in [-0.05, 0) is 6.26 Å². The number of fused-ring (bicyclic) bond motifs is 1. The number of amidine groups is 1. The Labute approximate surface area is 153 Å². The number of thiazole rings is 1. The highest BCUT2D eigenvalue weighted by molar-refractivity contribution is 7.96. The van der Waals surface area contributed by atoms with Crippen LogP contribution in [0, 0.1) is 0 Å². The van der Waals surface area contributed by atoms with Crippen LogP contribution in [0.5, 0.6) is 0 Å². The zero-order valence-electron chi connectivity index (χ0n) is 13.8. The third kappa shape index (κ3) is 3.55. The van der Waals surface area contributed by atoms with Crippen LogP contribution in [0.3, 0.4) is 0 Å². The summed E-state index contributed by atoms with van der Waals surface area (Å²) in [6.45, 7) is 0.741. The molecule has 0 unspecified atom stereocenters. The number of carboxylic acid groups (broad SMARTS) is 1. The lowest BCUT2D eigenvalue weighted by Gasteiger charge is -2.27. The molecule has 0 saturated carbocycles. The molecule has 25 heavy (non-hydrogen) atoms. The standard InChI is InChI=1S/C15H18N4O4S2/c1-23-15(22)10-6-17-13(14-16-3-4-25-14)18-7-9(5-11(10)18)19(24-2)8-12(20)21/h3-4,9H,5-8H2,1-2H3,(H,20,21)/t9-/m0/s1. The van der Waals surface area contributed by atoms with E-state index in [1.165, 1.54) is 30.4 Å². The summed E-state index contributed by atoms with van der Waals surface area (Å²) in [6, 6.07) is -0.0379. The number of methoxy groups -OCH3 is 1. The summed E-state index contributed by atoms with van der Waals surface area (Å²) in [4.78, 5) is 34.1. The molecular weight excluding hydrogens is 364 g/mol. The molecule has 0 radical (unpaired) electrons. The maximum atomic E-state index is 12.1. The second-order valence-electron chi connectivity index (χ2n) is 5.51. The zero-order chi connectivity index (χ0) is 18.0. The van der Waals surface area contributed by atoms with Gasteiger partial charge in [0.2, 0.25) is 0 Å². The fourth-order valence-corrected chi connectivity index (χ4v) is 4.37. The monoisotopic (exact) mass is 382 g/mol. The molecule has 1 atom stereocenters. The number of ether oxygens (including phenoxy) is 1. The van der Waals surface area contributed by atoms with Gasteiger partial charge in [0.25, 0.3) is 0 Å². The van der Waals surface area contributed by atoms with Gasteiger partial charge in [-0.15, -0.1) is 11.3 Å². The average Bonchev–Trinajstić information content (AvgIpc) is 3.27. The molecule has 2 aliphatic heterocycles. The summed E-state index contributed by atoms with van der Waals surface area (Å²) >= 11 is 2.87. The fraction of sp³-hybridized carbons (Fsp3) is 0.467. The number of rotatable bonds is 6. The number of hydrogen-bond donors (Lipinski definition) is 1. The van der Waals surface area contributed by atoms with Crippen LogP contribution in [0.1, 0.15) is 11.4 Å². The highest BCUT2D eigenvalue weighted by Crippen LogP contribution is 2.35. The van der Waals surface area contributed by atoms with Crippen molar-refractivity contribution < 1.29 is 19.4 Å². The molecule has 8 nitrogen and oxygen atoms in total. The summed E-state index contributed by atoms with van der Waals surface area (Å²) in [5, 5.41) is 11.8. The van der Waals surface area contributed by atoms with E-state index in [0.29, 0.717) is 18.5 Å². The lowest BCUT2D eigenvalue weighted by atomic mass is 10.1. The summed E-state index contributed by atoms with van der Waals surface area (Å²) in [7, 11) is 1.35. The van der Waals surface area contributed by atoms with E-state index >= 15 is 0 Å². The van der Waals surface area contributed by atoms with E-state index in [-0.39, 0.29) is 19.1 Å². The molecule has 0 aliphatic carbocycles. The van der Waals surface area contributed by atoms with Crippen molar-refractivity contribution in [2.45, 2.75) is 12.5 Å². The van der Waals surface area contributed by atoms with Crippen LogP contribution < -0.4 is 0 Å². The highest BCUT2D eigenvalue weighted by Gasteiger charge is 2.40. The van der Waals surface area contributed by atoms with Crippen LogP contribution in [0.2, 0.25) is 0 Å². The number of nitrogens with zero attached hydrogens (tertiary/aromatic N) is 4. The molecular formula is C15H18N4O4S2. The van der Waals surface area contributed by atoms with Crippen LogP contribution in [0.15, 0.2) is 27.8 Å². The number of carbonyl (C=O) groups excluding carboxylic acids is 1. The molecule has 0 spiro atoms. The molecule has 134 valence electrons. The van der Waals surface area contributed by atoms with E-state index in [9.17, 15) is 9.59 Å². The molecule has 0 bridgehead atoms. The van der Waals surface area contributed by atoms with Crippen LogP contribution in [0.25, 0.3) is 0 Å². The molecule has 1 aromatic heterocycles. The van der Waals surface area contributed by atoms with Crippen LogP contribution >= 0.6 is 23.3 Å². The van der Waals surface area contributed by atoms with Crippen molar-refractivity contribution in [3.63, 3.8) is 0 Å². The van der Waals surface area contributed by atoms with E-state index in [4.69, 9.17) is 9.84 Å². The number of esters is 1. The Kier molecular flexibility index (Phi) is 5.40. The maximum Gasteiger partial charge on any atom is 0.337 e. The third-order valence-electron chi connectivity index (χ3n) is 4.13. The number of aliphatic carboxylic acids is 1. The van der Waals surface area contributed by atoms with Gasteiger partial charge in [-0.3, -0.25) is 9.79 Å². The first kappa shape index (κ1) is 17.9. The molecule has 1 N–H and O–H groups in total. The molecule has 0 aromatic carbocycles. The number of carbonyl (C=O) groups is 2. The molecule has 10 heteroatoms. The Morgan fingerprint density at radius 1 is 1.56 bits per heavy atom. The van der Waals surface area contributed by atoms with Gasteiger partial charge in [0.15, 0.2) is 10.8 Å². The zero-order valence-corrected chi connectivity index (χ0v) is 15.5. The van der Waals surface area contributed by atoms with Gasteiger partial charge >= 0.3 is 11.9 Å². The van der Waals surface area contributed by atoms with Crippen molar-refractivity contribution in [1.29, 1.82) is 0 Å². The summed E-state index contributed by atoms with van der Waals surface area (Å²) in [5.41, 5.74) is 1.38. The van der Waals surface area contributed by atoms with Crippen molar-refractivity contribution in [2.24, 2.45) is 4.99 Å². The normalized spacial score (nSPS) is 19.9. The first-order valence-corrected chi connectivity index (χ1v) is 9.66. The van der Waals surface area contributed by atoms with Gasteiger partial charge in [0, 0.05) is 36.3 Å². The first-order valence-electron chi connectivity index (χ1n) is 7.59. The number of aromatic nitrogens is 1. The van der Waals surface area contributed by atoms with Gasteiger partial charge < -0.3 is 14.7 Å². The lowest BCUT2D eigenvalue weighted by Crippen LogP contribution is -2.38. The van der Waals surface area contributed by atoms with Gasteiger partial charge in [-0.25, -0.2) is 14.1 Å². The third-order valence-corrected chi connectivity index (χ3v) is 5.79. The number of aliphatic imine (C=N–C) groups is 1. The van der Waals surface area contributed by atoms with Crippen molar-refractivity contribution in [3.05, 3.63) is 27.9 Å². The minimum atomic E-state index is -0.879. The molecule has 2 aliphatic rings. The first-order chi connectivity index (χ1) is 12.0. The molecule has 1 saturated heterocycles. The largest absolute Gasteiger partial charge is 0.480 e. The summed E-state index contributed by atoms with van der Waals surface area (Å²) in [5.74, 6) is -0.539. The summed E-state index contributed by atoms with van der Waals surface area (Å²) in [6.07, 6.45) is 4.14. The minimum Gasteiger partial charge on any atom is -0.480 e. The van der Waals surface area contributed by atoms with Crippen LogP contribution in [0.4, 0.5) is 0 Å². The molecule has 1 fully saturated rings. The fourth-order valence-electron chi connectivity index (χ4n) is 3.04. The molecule has 0 amide bonds. The predicted octanol–water partition coefficient (Wildman–Crippen LogP) is 1.07. The quantitative estimate of drug-likeness (QED) is 0.577. The Hall–Kier alpha value is -1.91. The Balaban J connectivity index is 1.93. The molecule has 3 heterocycles.